The number of benzene rings is 4. The average molecular weight is 1170 g/mol. The summed E-state index contributed by atoms with van der Waals surface area (Å²) in [7, 11) is 0. The van der Waals surface area contributed by atoms with Crippen LogP contribution in [0.1, 0.15) is 267 Å². The van der Waals surface area contributed by atoms with Crippen LogP contribution in [0, 0.1) is 14.9 Å². The number of ether oxygens (including phenoxy) is 1. The Balaban J connectivity index is 0.00000139. The van der Waals surface area contributed by atoms with Gasteiger partial charge in [0.15, 0.2) is 0 Å². The third-order valence-electron chi connectivity index (χ3n) is 13.9. The van der Waals surface area contributed by atoms with Gasteiger partial charge in [-0.2, -0.15) is 0 Å². The molecule has 0 spiro atoms. The van der Waals surface area contributed by atoms with E-state index in [2.05, 4.69) is 223 Å². The van der Waals surface area contributed by atoms with Crippen molar-refractivity contribution in [2.75, 3.05) is 13.2 Å². The first-order chi connectivity index (χ1) is 36.4. The monoisotopic (exact) mass is 1170 g/mol. The Hall–Kier alpha value is -5.12. The first kappa shape index (κ1) is 75.9. The molecule has 6 aromatic rings. The minimum atomic E-state index is 0. The van der Waals surface area contributed by atoms with Crippen LogP contribution in [0.4, 0.5) is 22.7 Å². The number of para-hydroxylation sites is 4. The summed E-state index contributed by atoms with van der Waals surface area (Å²) in [5, 5.41) is 0. The molecule has 7 nitrogen and oxygen atoms in total. The molecule has 4 aromatic carbocycles. The molecule has 0 saturated heterocycles. The number of aliphatic imine (C=N–C) groups is 4. The zero-order valence-corrected chi connectivity index (χ0v) is 56.9. The molecule has 0 aliphatic heterocycles. The Labute approximate surface area is 515 Å². The molecule has 0 N–H and O–H groups in total. The van der Waals surface area contributed by atoms with E-state index < -0.39 is 0 Å². The van der Waals surface area contributed by atoms with E-state index in [0.717, 1.165) is 81.6 Å². The van der Waals surface area contributed by atoms with Gasteiger partial charge in [-0.05, 0) is 158 Å². The zero-order valence-electron chi connectivity index (χ0n) is 54.3. The zero-order chi connectivity index (χ0) is 57.3. The van der Waals surface area contributed by atoms with E-state index in [4.69, 9.17) is 34.7 Å². The van der Waals surface area contributed by atoms with Gasteiger partial charge in [-0.15, -0.1) is 0 Å². The van der Waals surface area contributed by atoms with Gasteiger partial charge in [0.25, 0.3) is 0 Å². The molecule has 6 rings (SSSR count). The van der Waals surface area contributed by atoms with E-state index in [1.165, 1.54) is 44.5 Å². The quantitative estimate of drug-likeness (QED) is 0.0635. The molecule has 0 atom stereocenters. The molecule has 0 amide bonds. The average Bonchev–Trinajstić information content (AvgIpc) is 3.38. The fraction of sp³-hybridized carbons (Fsp3) is 0.444. The van der Waals surface area contributed by atoms with E-state index in [-0.39, 0.29) is 49.6 Å². The summed E-state index contributed by atoms with van der Waals surface area (Å²) in [6.07, 6.45) is 0. The Morgan fingerprint density at radius 2 is 0.457 bits per heavy atom. The maximum atomic E-state index is 5.15. The van der Waals surface area contributed by atoms with E-state index in [1.807, 2.05) is 38.1 Å². The molecule has 0 aliphatic carbocycles. The Morgan fingerprint density at radius 3 is 0.580 bits per heavy atom. The van der Waals surface area contributed by atoms with E-state index >= 15 is 0 Å². The summed E-state index contributed by atoms with van der Waals surface area (Å²) in [4.78, 5) is 30.6. The van der Waals surface area contributed by atoms with Crippen molar-refractivity contribution >= 4 is 45.6 Å². The summed E-state index contributed by atoms with van der Waals surface area (Å²) in [6.45, 7) is 49.6. The normalized spacial score (nSPS) is 12.0. The van der Waals surface area contributed by atoms with E-state index in [1.54, 1.807) is 0 Å². The van der Waals surface area contributed by atoms with Crippen molar-refractivity contribution in [3.8, 4) is 0 Å². The van der Waals surface area contributed by atoms with Crippen LogP contribution < -0.4 is 0 Å². The number of aromatic nitrogens is 2. The summed E-state index contributed by atoms with van der Waals surface area (Å²) in [5.74, 6) is 3.22. The summed E-state index contributed by atoms with van der Waals surface area (Å²) >= 11 is 0. The molecule has 0 radical (unpaired) electrons. The number of nitrogens with zero attached hydrogens (tertiary/aromatic N) is 6. The van der Waals surface area contributed by atoms with Gasteiger partial charge in [0.1, 0.15) is 0 Å². The molecular weight excluding hydrogens is 1070 g/mol. The van der Waals surface area contributed by atoms with Crippen LogP contribution in [0.3, 0.4) is 0 Å². The number of hydrogen-bond donors (Lipinski definition) is 0. The minimum Gasteiger partial charge on any atom is -0.382 e. The van der Waals surface area contributed by atoms with Gasteiger partial charge in [-0.3, -0.25) is 20.0 Å². The van der Waals surface area contributed by atoms with E-state index in [0.29, 0.717) is 47.3 Å². The molecule has 0 bridgehead atoms. The van der Waals surface area contributed by atoms with Crippen LogP contribution in [0.15, 0.2) is 129 Å². The molecule has 2 heterocycles. The Bertz CT molecular complexity index is 2500. The SMILES string of the molecule is CC(=Nc1c(C(C)C)cccc1C(C)C)c1cccc(C(C)=Nc2c(C(C)C)cccc2C(C)C)n1.CC(=Nc1c(C(C)C)cccc1C(C)C)c1cccc(C(C)=Nc2c(C(C)C)cccc2C(C)C)n1.CCOCC.[CH3-].[CH3-].[Cr].[Cr]. The molecule has 9 heteroatoms. The van der Waals surface area contributed by atoms with Crippen molar-refractivity contribution in [2.24, 2.45) is 20.0 Å². The predicted octanol–water partition coefficient (Wildman–Crippen LogP) is 21.7. The number of pyridine rings is 2. The minimum absolute atomic E-state index is 0. The van der Waals surface area contributed by atoms with E-state index in [9.17, 15) is 0 Å². The predicted molar refractivity (Wildman–Crippen MR) is 349 cm³/mol. The maximum absolute atomic E-state index is 5.15. The van der Waals surface area contributed by atoms with Gasteiger partial charge in [-0.25, -0.2) is 9.97 Å². The van der Waals surface area contributed by atoms with Gasteiger partial charge < -0.3 is 19.6 Å². The molecule has 0 fully saturated rings. The molecule has 2 aromatic heterocycles. The second-order valence-corrected chi connectivity index (χ2v) is 22.8. The molecule has 0 saturated carbocycles. The van der Waals surface area contributed by atoms with Crippen LogP contribution in [0.25, 0.3) is 0 Å². The van der Waals surface area contributed by atoms with Gasteiger partial charge in [0, 0.05) is 47.9 Å². The number of hydrogen-bond acceptors (Lipinski definition) is 7. The topological polar surface area (TPSA) is 84.5 Å². The van der Waals surface area contributed by atoms with Crippen LogP contribution >= 0.6 is 0 Å². The van der Waals surface area contributed by atoms with Gasteiger partial charge >= 0.3 is 0 Å². The van der Waals surface area contributed by atoms with Gasteiger partial charge in [0.05, 0.1) is 68.4 Å². The largest absolute Gasteiger partial charge is 0.382 e. The second kappa shape index (κ2) is 36.5. The van der Waals surface area contributed by atoms with Crippen LogP contribution in [0.2, 0.25) is 0 Å². The fourth-order valence-electron chi connectivity index (χ4n) is 9.34. The molecule has 440 valence electrons. The fourth-order valence-corrected chi connectivity index (χ4v) is 9.34. The summed E-state index contributed by atoms with van der Waals surface area (Å²) in [6, 6.07) is 38.5. The molecule has 0 aliphatic rings. The Morgan fingerprint density at radius 1 is 0.309 bits per heavy atom. The molecule has 81 heavy (non-hydrogen) atoms. The van der Waals surface area contributed by atoms with Crippen molar-refractivity contribution in [3.63, 3.8) is 0 Å². The third-order valence-corrected chi connectivity index (χ3v) is 13.9. The van der Waals surface area contributed by atoms with Crippen molar-refractivity contribution in [1.29, 1.82) is 0 Å². The molecular formula is C72H102Cr2N6O-2. The van der Waals surface area contributed by atoms with Gasteiger partial charge in [-0.1, -0.05) is 196 Å². The van der Waals surface area contributed by atoms with Crippen LogP contribution in [-0.2, 0) is 39.5 Å². The first-order valence-electron chi connectivity index (χ1n) is 28.7. The van der Waals surface area contributed by atoms with Crippen LogP contribution in [0.5, 0.6) is 0 Å². The van der Waals surface area contributed by atoms with Crippen molar-refractivity contribution in [3.05, 3.63) is 191 Å². The second-order valence-electron chi connectivity index (χ2n) is 22.8. The Kier molecular flexibility index (Phi) is 34.2. The molecule has 0 unspecified atom stereocenters. The third kappa shape index (κ3) is 21.2. The van der Waals surface area contributed by atoms with Crippen molar-refractivity contribution < 1.29 is 39.5 Å². The number of rotatable bonds is 18. The standard InChI is InChI=1S/2C33H43N3.C4H10O.2CH3.2Cr/c2*1-20(2)26-14-11-15-27(21(3)4)32(26)34-24(9)30-18-13-19-31(36-30)25(10)35-33-28(22(5)6)16-12-17-29(33)23(7)8;1-3-5-4-2;;;;/h2*11-23H,1-10H3;3-4H2,1-2H3;2*1H3;;/q;;;2*-1;;. The van der Waals surface area contributed by atoms with Gasteiger partial charge in [0.2, 0.25) is 0 Å². The summed E-state index contributed by atoms with van der Waals surface area (Å²) < 4.78 is 4.83. The first-order valence-corrected chi connectivity index (χ1v) is 28.7. The van der Waals surface area contributed by atoms with Crippen molar-refractivity contribution in [2.45, 2.75) is 200 Å². The van der Waals surface area contributed by atoms with Crippen LogP contribution in [-0.4, -0.2) is 46.0 Å². The smallest absolute Gasteiger partial charge is 0.0849 e. The van der Waals surface area contributed by atoms with Crippen molar-refractivity contribution in [1.82, 2.24) is 9.97 Å². The maximum Gasteiger partial charge on any atom is 0.0849 e. The summed E-state index contributed by atoms with van der Waals surface area (Å²) in [5.41, 5.74) is 21.8.